The van der Waals surface area contributed by atoms with Crippen LogP contribution in [0.15, 0.2) is 65.0 Å². The topological polar surface area (TPSA) is 56.5 Å². The second kappa shape index (κ2) is 9.55. The zero-order valence-electron chi connectivity index (χ0n) is 16.8. The molecule has 1 aliphatic carbocycles. The number of hydrogen-bond acceptors (Lipinski definition) is 4. The van der Waals surface area contributed by atoms with Gasteiger partial charge in [0.05, 0.1) is 20.7 Å². The van der Waals surface area contributed by atoms with Crippen molar-refractivity contribution in [3.05, 3.63) is 80.4 Å². The Morgan fingerprint density at radius 1 is 1.20 bits per heavy atom. The Balaban J connectivity index is 1.73. The van der Waals surface area contributed by atoms with Crippen molar-refractivity contribution in [2.24, 2.45) is 5.10 Å². The van der Waals surface area contributed by atoms with E-state index in [0.29, 0.717) is 12.0 Å². The van der Waals surface area contributed by atoms with Crippen molar-refractivity contribution < 1.29 is 4.74 Å². The largest absolute Gasteiger partial charge is 0.488 e. The van der Waals surface area contributed by atoms with Crippen molar-refractivity contribution in [3.63, 3.8) is 0 Å². The highest BCUT2D eigenvalue weighted by Crippen LogP contribution is 2.31. The summed E-state index contributed by atoms with van der Waals surface area (Å²) >= 11 is 2.24. The van der Waals surface area contributed by atoms with Crippen molar-refractivity contribution in [2.45, 2.75) is 38.0 Å². The van der Waals surface area contributed by atoms with Crippen LogP contribution < -0.4 is 10.3 Å². The molecule has 1 fully saturated rings. The van der Waals surface area contributed by atoms with E-state index in [1.54, 1.807) is 12.3 Å². The summed E-state index contributed by atoms with van der Waals surface area (Å²) < 4.78 is 8.12. The Morgan fingerprint density at radius 3 is 2.77 bits per heavy atom. The molecular formula is C24H24IN3O2. The molecule has 0 atom stereocenters. The fourth-order valence-corrected chi connectivity index (χ4v) is 4.56. The van der Waals surface area contributed by atoms with Gasteiger partial charge in [-0.15, -0.1) is 0 Å². The van der Waals surface area contributed by atoms with E-state index >= 15 is 0 Å². The molecular weight excluding hydrogens is 489 g/mol. The Bertz CT molecular complexity index is 1150. The molecule has 0 saturated heterocycles. The summed E-state index contributed by atoms with van der Waals surface area (Å²) in [5.41, 5.74) is 1.53. The molecule has 6 heteroatoms. The second-order valence-corrected chi connectivity index (χ2v) is 8.64. The maximum Gasteiger partial charge on any atom is 0.282 e. The van der Waals surface area contributed by atoms with E-state index in [0.717, 1.165) is 39.1 Å². The molecule has 0 bridgehead atoms. The number of ether oxygens (including phenoxy) is 1. The van der Waals surface area contributed by atoms with Gasteiger partial charge >= 0.3 is 0 Å². The summed E-state index contributed by atoms with van der Waals surface area (Å²) in [5, 5.41) is 5.18. The third kappa shape index (κ3) is 4.48. The maximum atomic E-state index is 13.2. The minimum atomic E-state index is -0.113. The first-order valence-corrected chi connectivity index (χ1v) is 11.3. The number of nitrogens with zero attached hydrogens (tertiary/aromatic N) is 3. The van der Waals surface area contributed by atoms with E-state index in [1.807, 2.05) is 42.5 Å². The molecule has 30 heavy (non-hydrogen) atoms. The highest BCUT2D eigenvalue weighted by atomic mass is 127. The van der Waals surface area contributed by atoms with Gasteiger partial charge in [-0.2, -0.15) is 9.78 Å². The number of halogens is 1. The first kappa shape index (κ1) is 20.8. The standard InChI is InChI=1S/C24H24IN3O2/c1-2-14-30-22-13-12-17(15-20(22)25)16-26-28-23(18-8-4-3-5-9-18)27-21-11-7-6-10-19(21)24(28)29/h2,6-7,10-13,15-16,18H,1,3-5,8-9,14H2. The average Bonchev–Trinajstić information content (AvgIpc) is 2.78. The maximum absolute atomic E-state index is 13.2. The van der Waals surface area contributed by atoms with Crippen LogP contribution in [0.3, 0.4) is 0 Å². The molecule has 5 nitrogen and oxygen atoms in total. The SMILES string of the molecule is C=CCOc1ccc(C=Nn2c(C3CCCCC3)nc3ccccc3c2=O)cc1I. The number of benzene rings is 2. The molecule has 0 spiro atoms. The van der Waals surface area contributed by atoms with Crippen LogP contribution in [-0.4, -0.2) is 22.5 Å². The molecule has 1 heterocycles. The van der Waals surface area contributed by atoms with Crippen LogP contribution in [0.5, 0.6) is 5.75 Å². The van der Waals surface area contributed by atoms with Gasteiger partial charge in [0.1, 0.15) is 18.2 Å². The monoisotopic (exact) mass is 513 g/mol. The quantitative estimate of drug-likeness (QED) is 0.249. The summed E-state index contributed by atoms with van der Waals surface area (Å²) in [5.74, 6) is 1.85. The molecule has 0 aliphatic heterocycles. The van der Waals surface area contributed by atoms with E-state index in [2.05, 4.69) is 34.3 Å². The lowest BCUT2D eigenvalue weighted by Gasteiger charge is -2.22. The molecule has 1 saturated carbocycles. The third-order valence-corrected chi connectivity index (χ3v) is 6.23. The smallest absolute Gasteiger partial charge is 0.282 e. The molecule has 1 aliphatic rings. The van der Waals surface area contributed by atoms with Gasteiger partial charge < -0.3 is 4.74 Å². The minimum absolute atomic E-state index is 0.113. The fourth-order valence-electron chi connectivity index (χ4n) is 3.87. The van der Waals surface area contributed by atoms with Crippen molar-refractivity contribution in [2.75, 3.05) is 6.61 Å². The van der Waals surface area contributed by atoms with Crippen LogP contribution in [0.1, 0.15) is 49.4 Å². The van der Waals surface area contributed by atoms with Gasteiger partial charge in [-0.1, -0.05) is 44.1 Å². The number of aromatic nitrogens is 2. The normalized spacial score (nSPS) is 15.0. The zero-order chi connectivity index (χ0) is 20.9. The second-order valence-electron chi connectivity index (χ2n) is 7.47. The van der Waals surface area contributed by atoms with E-state index in [9.17, 15) is 4.79 Å². The van der Waals surface area contributed by atoms with Crippen LogP contribution in [0.2, 0.25) is 0 Å². The number of rotatable bonds is 6. The van der Waals surface area contributed by atoms with Gasteiger partial charge in [0.15, 0.2) is 0 Å². The lowest BCUT2D eigenvalue weighted by atomic mass is 9.88. The lowest BCUT2D eigenvalue weighted by molar-refractivity contribution is 0.360. The third-order valence-electron chi connectivity index (χ3n) is 5.38. The fraction of sp³-hybridized carbons (Fsp3) is 0.292. The molecule has 0 amide bonds. The molecule has 0 radical (unpaired) electrons. The van der Waals surface area contributed by atoms with Gasteiger partial charge in [0.2, 0.25) is 0 Å². The van der Waals surface area contributed by atoms with Crippen molar-refractivity contribution in [1.82, 2.24) is 9.66 Å². The summed E-state index contributed by atoms with van der Waals surface area (Å²) in [7, 11) is 0. The van der Waals surface area contributed by atoms with Crippen LogP contribution in [0.25, 0.3) is 10.9 Å². The Hall–Kier alpha value is -2.48. The van der Waals surface area contributed by atoms with Crippen LogP contribution in [0, 0.1) is 3.57 Å². The molecule has 2 aromatic carbocycles. The highest BCUT2D eigenvalue weighted by molar-refractivity contribution is 14.1. The van der Waals surface area contributed by atoms with E-state index in [4.69, 9.17) is 9.72 Å². The summed E-state index contributed by atoms with van der Waals surface area (Å²) in [6.07, 6.45) is 9.13. The number of para-hydroxylation sites is 1. The van der Waals surface area contributed by atoms with E-state index < -0.39 is 0 Å². The van der Waals surface area contributed by atoms with Crippen LogP contribution in [-0.2, 0) is 0 Å². The Morgan fingerprint density at radius 2 is 2.00 bits per heavy atom. The van der Waals surface area contributed by atoms with Gasteiger partial charge in [0.25, 0.3) is 5.56 Å². The summed E-state index contributed by atoms with van der Waals surface area (Å²) in [6, 6.07) is 13.3. The van der Waals surface area contributed by atoms with Gasteiger partial charge in [-0.05, 0) is 71.3 Å². The lowest BCUT2D eigenvalue weighted by Crippen LogP contribution is -2.25. The number of hydrogen-bond donors (Lipinski definition) is 0. The molecule has 0 unspecified atom stereocenters. The van der Waals surface area contributed by atoms with Crippen molar-refractivity contribution in [3.8, 4) is 5.75 Å². The average molecular weight is 513 g/mol. The zero-order valence-corrected chi connectivity index (χ0v) is 18.9. The van der Waals surface area contributed by atoms with Gasteiger partial charge in [0, 0.05) is 5.92 Å². The minimum Gasteiger partial charge on any atom is -0.488 e. The first-order valence-electron chi connectivity index (χ1n) is 10.3. The Kier molecular flexibility index (Phi) is 6.62. The highest BCUT2D eigenvalue weighted by Gasteiger charge is 2.22. The predicted molar refractivity (Wildman–Crippen MR) is 130 cm³/mol. The van der Waals surface area contributed by atoms with Crippen LogP contribution in [0.4, 0.5) is 0 Å². The molecule has 0 N–H and O–H groups in total. The van der Waals surface area contributed by atoms with E-state index in [-0.39, 0.29) is 11.5 Å². The van der Waals surface area contributed by atoms with Crippen molar-refractivity contribution >= 4 is 39.7 Å². The van der Waals surface area contributed by atoms with Crippen molar-refractivity contribution in [1.29, 1.82) is 0 Å². The molecule has 4 rings (SSSR count). The summed E-state index contributed by atoms with van der Waals surface area (Å²) in [6.45, 7) is 4.14. The summed E-state index contributed by atoms with van der Waals surface area (Å²) in [4.78, 5) is 18.1. The van der Waals surface area contributed by atoms with Gasteiger partial charge in [-0.3, -0.25) is 4.79 Å². The molecule has 3 aromatic rings. The first-order chi connectivity index (χ1) is 14.7. The van der Waals surface area contributed by atoms with Crippen LogP contribution >= 0.6 is 22.6 Å². The van der Waals surface area contributed by atoms with E-state index in [1.165, 1.54) is 23.9 Å². The molecule has 154 valence electrons. The Labute approximate surface area is 189 Å². The predicted octanol–water partition coefficient (Wildman–Crippen LogP) is 5.50. The molecule has 1 aromatic heterocycles. The van der Waals surface area contributed by atoms with Gasteiger partial charge in [-0.25, -0.2) is 4.98 Å². The number of fused-ring (bicyclic) bond motifs is 1.